The van der Waals surface area contributed by atoms with Crippen LogP contribution in [0.25, 0.3) is 10.1 Å². The number of thiol groups is 1. The summed E-state index contributed by atoms with van der Waals surface area (Å²) in [7, 11) is -1.41. The molecule has 2 aromatic rings. The van der Waals surface area contributed by atoms with Crippen molar-refractivity contribution in [3.63, 3.8) is 0 Å². The number of halogens is 1. The molecular formula is C8H6BIO2S2. The summed E-state index contributed by atoms with van der Waals surface area (Å²) in [5.41, 5.74) is 0.521. The topological polar surface area (TPSA) is 40.5 Å². The third-order valence-corrected chi connectivity index (χ3v) is 4.48. The summed E-state index contributed by atoms with van der Waals surface area (Å²) < 4.78 is 3.09. The third-order valence-electron chi connectivity index (χ3n) is 1.88. The molecule has 0 saturated heterocycles. The van der Waals surface area contributed by atoms with Crippen LogP contribution in [-0.2, 0) is 0 Å². The number of hydrogen-bond donors (Lipinski definition) is 3. The van der Waals surface area contributed by atoms with Gasteiger partial charge in [-0.2, -0.15) is 0 Å². The van der Waals surface area contributed by atoms with Crippen LogP contribution in [0.1, 0.15) is 0 Å². The van der Waals surface area contributed by atoms with Crippen molar-refractivity contribution >= 4 is 69.2 Å². The summed E-state index contributed by atoms with van der Waals surface area (Å²) in [6.45, 7) is 0. The third kappa shape index (κ3) is 1.94. The molecule has 0 bridgehead atoms. The number of hydrogen-bond acceptors (Lipinski definition) is 4. The Labute approximate surface area is 105 Å². The first-order valence-electron chi connectivity index (χ1n) is 3.86. The first-order valence-corrected chi connectivity index (χ1v) is 6.20. The predicted molar refractivity (Wildman–Crippen MR) is 71.6 cm³/mol. The van der Waals surface area contributed by atoms with E-state index in [1.807, 2.05) is 6.07 Å². The van der Waals surface area contributed by atoms with Crippen LogP contribution in [0.2, 0.25) is 0 Å². The Morgan fingerprint density at radius 3 is 2.64 bits per heavy atom. The molecule has 0 amide bonds. The fourth-order valence-corrected chi connectivity index (χ4v) is 3.47. The standard InChI is InChI=1S/C8H6BIO2S2/c10-6-3-5(9(11)12)1-4-2-7(13)14-8(4)6/h1-3,11-13H. The average molecular weight is 336 g/mol. The summed E-state index contributed by atoms with van der Waals surface area (Å²) in [5, 5.41) is 19.1. The van der Waals surface area contributed by atoms with Crippen LogP contribution in [0.3, 0.4) is 0 Å². The molecule has 1 aromatic heterocycles. The van der Waals surface area contributed by atoms with Crippen LogP contribution in [0.15, 0.2) is 22.4 Å². The van der Waals surface area contributed by atoms with Gasteiger partial charge in [-0.1, -0.05) is 6.07 Å². The lowest BCUT2D eigenvalue weighted by atomic mass is 9.80. The zero-order chi connectivity index (χ0) is 10.3. The van der Waals surface area contributed by atoms with E-state index >= 15 is 0 Å². The quantitative estimate of drug-likeness (QED) is 0.419. The molecule has 0 radical (unpaired) electrons. The molecule has 2 N–H and O–H groups in total. The summed E-state index contributed by atoms with van der Waals surface area (Å²) in [4.78, 5) is 0. The fourth-order valence-electron chi connectivity index (χ4n) is 1.27. The Kier molecular flexibility index (Phi) is 3.08. The molecule has 0 atom stereocenters. The second kappa shape index (κ2) is 4.01. The van der Waals surface area contributed by atoms with Gasteiger partial charge in [-0.25, -0.2) is 0 Å². The molecule has 72 valence electrons. The highest BCUT2D eigenvalue weighted by atomic mass is 127. The minimum absolute atomic E-state index is 0.521. The van der Waals surface area contributed by atoms with Crippen molar-refractivity contribution in [1.82, 2.24) is 0 Å². The first-order chi connectivity index (χ1) is 6.58. The van der Waals surface area contributed by atoms with Crippen LogP contribution in [-0.4, -0.2) is 17.2 Å². The molecule has 0 saturated carbocycles. The molecule has 0 aliphatic carbocycles. The monoisotopic (exact) mass is 336 g/mol. The second-order valence-electron chi connectivity index (χ2n) is 2.88. The number of benzene rings is 1. The highest BCUT2D eigenvalue weighted by molar-refractivity contribution is 14.1. The highest BCUT2D eigenvalue weighted by Gasteiger charge is 2.14. The average Bonchev–Trinajstić information content (AvgIpc) is 2.45. The van der Waals surface area contributed by atoms with Crippen LogP contribution in [0.4, 0.5) is 0 Å². The van der Waals surface area contributed by atoms with E-state index in [9.17, 15) is 0 Å². The molecule has 0 aliphatic heterocycles. The molecule has 0 aliphatic rings. The van der Waals surface area contributed by atoms with Gasteiger partial charge in [-0.15, -0.1) is 24.0 Å². The summed E-state index contributed by atoms with van der Waals surface area (Å²) in [5.74, 6) is 0. The Hall–Kier alpha value is 0.245. The van der Waals surface area contributed by atoms with Crippen molar-refractivity contribution < 1.29 is 10.0 Å². The van der Waals surface area contributed by atoms with E-state index < -0.39 is 7.12 Å². The van der Waals surface area contributed by atoms with Gasteiger partial charge in [0.1, 0.15) is 0 Å². The number of fused-ring (bicyclic) bond motifs is 1. The number of rotatable bonds is 1. The fraction of sp³-hybridized carbons (Fsp3) is 0. The van der Waals surface area contributed by atoms with Gasteiger partial charge < -0.3 is 10.0 Å². The zero-order valence-corrected chi connectivity index (χ0v) is 10.8. The van der Waals surface area contributed by atoms with E-state index in [2.05, 4.69) is 35.2 Å². The lowest BCUT2D eigenvalue weighted by Crippen LogP contribution is -2.29. The maximum Gasteiger partial charge on any atom is 0.488 e. The van der Waals surface area contributed by atoms with Crippen LogP contribution >= 0.6 is 46.6 Å². The van der Waals surface area contributed by atoms with Gasteiger partial charge in [0.15, 0.2) is 0 Å². The van der Waals surface area contributed by atoms with Gasteiger partial charge >= 0.3 is 7.12 Å². The zero-order valence-electron chi connectivity index (χ0n) is 6.94. The first kappa shape index (κ1) is 10.8. The summed E-state index contributed by atoms with van der Waals surface area (Å²) in [6, 6.07) is 5.48. The maximum absolute atomic E-state index is 9.05. The molecule has 6 heteroatoms. The Balaban J connectivity index is 2.71. The van der Waals surface area contributed by atoms with Crippen LogP contribution < -0.4 is 5.46 Å². The molecule has 0 unspecified atom stereocenters. The largest absolute Gasteiger partial charge is 0.488 e. The summed E-state index contributed by atoms with van der Waals surface area (Å²) in [6.07, 6.45) is 0. The van der Waals surface area contributed by atoms with Crippen molar-refractivity contribution in [2.75, 3.05) is 0 Å². The van der Waals surface area contributed by atoms with Crippen molar-refractivity contribution in [3.05, 3.63) is 21.8 Å². The van der Waals surface area contributed by atoms with Crippen molar-refractivity contribution in [2.45, 2.75) is 4.21 Å². The SMILES string of the molecule is OB(O)c1cc(I)c2sc(S)cc2c1. The molecular weight excluding hydrogens is 330 g/mol. The lowest BCUT2D eigenvalue weighted by Gasteiger charge is -2.01. The highest BCUT2D eigenvalue weighted by Crippen LogP contribution is 2.30. The minimum Gasteiger partial charge on any atom is -0.423 e. The van der Waals surface area contributed by atoms with Gasteiger partial charge in [0.05, 0.1) is 4.21 Å². The Morgan fingerprint density at radius 2 is 2.00 bits per heavy atom. The molecule has 1 aromatic carbocycles. The van der Waals surface area contributed by atoms with Crippen molar-refractivity contribution in [2.24, 2.45) is 0 Å². The van der Waals surface area contributed by atoms with Crippen molar-refractivity contribution in [3.8, 4) is 0 Å². The molecule has 14 heavy (non-hydrogen) atoms. The van der Waals surface area contributed by atoms with Gasteiger partial charge in [0, 0.05) is 8.27 Å². The van der Waals surface area contributed by atoms with Crippen LogP contribution in [0, 0.1) is 3.57 Å². The van der Waals surface area contributed by atoms with E-state index in [0.717, 1.165) is 17.9 Å². The van der Waals surface area contributed by atoms with Gasteiger partial charge in [-0.3, -0.25) is 0 Å². The van der Waals surface area contributed by atoms with E-state index in [-0.39, 0.29) is 0 Å². The van der Waals surface area contributed by atoms with E-state index in [1.165, 1.54) is 0 Å². The molecule has 0 spiro atoms. The molecule has 1 heterocycles. The van der Waals surface area contributed by atoms with Gasteiger partial charge in [0.25, 0.3) is 0 Å². The van der Waals surface area contributed by atoms with Crippen LogP contribution in [0.5, 0.6) is 0 Å². The normalized spacial score (nSPS) is 10.9. The van der Waals surface area contributed by atoms with E-state index in [1.54, 1.807) is 23.5 Å². The lowest BCUT2D eigenvalue weighted by molar-refractivity contribution is 0.426. The van der Waals surface area contributed by atoms with Gasteiger partial charge in [-0.05, 0) is 45.6 Å². The molecule has 2 rings (SSSR count). The Bertz CT molecular complexity index is 483. The predicted octanol–water partition coefficient (Wildman–Crippen LogP) is 1.47. The van der Waals surface area contributed by atoms with Gasteiger partial charge in [0.2, 0.25) is 0 Å². The maximum atomic E-state index is 9.05. The second-order valence-corrected chi connectivity index (χ2v) is 5.88. The van der Waals surface area contributed by atoms with E-state index in [0.29, 0.717) is 5.46 Å². The molecule has 2 nitrogen and oxygen atoms in total. The van der Waals surface area contributed by atoms with Crippen molar-refractivity contribution in [1.29, 1.82) is 0 Å². The minimum atomic E-state index is -1.41. The Morgan fingerprint density at radius 1 is 1.29 bits per heavy atom. The van der Waals surface area contributed by atoms with E-state index in [4.69, 9.17) is 10.0 Å². The number of thiophene rings is 1. The summed E-state index contributed by atoms with van der Waals surface area (Å²) >= 11 is 8.04. The smallest absolute Gasteiger partial charge is 0.423 e. The molecule has 0 fully saturated rings.